The molecule has 0 atom stereocenters. The van der Waals surface area contributed by atoms with Crippen LogP contribution in [0.25, 0.3) is 0 Å². The standard InChI is InChI=1S/C11H20ClN3O2S/c1-8-10(12)9(15(4)14-8)6-13-7-11(2,3)18(5,16)17/h13H,6-7H2,1-5H3. The van der Waals surface area contributed by atoms with Crippen LogP contribution in [0.1, 0.15) is 25.2 Å². The SMILES string of the molecule is Cc1nn(C)c(CNCC(C)(C)S(C)(=O)=O)c1Cl. The van der Waals surface area contributed by atoms with E-state index < -0.39 is 14.6 Å². The molecule has 1 aromatic rings. The van der Waals surface area contributed by atoms with Gasteiger partial charge >= 0.3 is 0 Å². The molecule has 18 heavy (non-hydrogen) atoms. The van der Waals surface area contributed by atoms with Gasteiger partial charge in [-0.2, -0.15) is 5.10 Å². The maximum atomic E-state index is 11.5. The zero-order chi connectivity index (χ0) is 14.1. The summed E-state index contributed by atoms with van der Waals surface area (Å²) in [4.78, 5) is 0. The first-order chi connectivity index (χ1) is 8.06. The van der Waals surface area contributed by atoms with Crippen LogP contribution in [0, 0.1) is 6.92 Å². The number of halogens is 1. The van der Waals surface area contributed by atoms with Crippen molar-refractivity contribution in [1.29, 1.82) is 0 Å². The van der Waals surface area contributed by atoms with Crippen LogP contribution < -0.4 is 5.32 Å². The molecule has 0 bridgehead atoms. The predicted molar refractivity (Wildman–Crippen MR) is 73.6 cm³/mol. The summed E-state index contributed by atoms with van der Waals surface area (Å²) in [6.07, 6.45) is 1.25. The molecule has 0 radical (unpaired) electrons. The van der Waals surface area contributed by atoms with Crippen LogP contribution in [-0.4, -0.2) is 35.7 Å². The van der Waals surface area contributed by atoms with Crippen LogP contribution in [0.2, 0.25) is 5.02 Å². The number of sulfone groups is 1. The summed E-state index contributed by atoms with van der Waals surface area (Å²) in [7, 11) is -1.27. The Kier molecular flexibility index (Phi) is 4.46. The highest BCUT2D eigenvalue weighted by molar-refractivity contribution is 7.92. The molecule has 0 saturated carbocycles. The van der Waals surface area contributed by atoms with Gasteiger partial charge in [-0.1, -0.05) is 11.6 Å². The Labute approximate surface area is 113 Å². The van der Waals surface area contributed by atoms with Gasteiger partial charge in [0.05, 0.1) is 21.2 Å². The largest absolute Gasteiger partial charge is 0.310 e. The molecule has 0 aliphatic heterocycles. The van der Waals surface area contributed by atoms with E-state index in [-0.39, 0.29) is 0 Å². The van der Waals surface area contributed by atoms with E-state index >= 15 is 0 Å². The molecular weight excluding hydrogens is 274 g/mol. The first-order valence-corrected chi connectivity index (χ1v) is 7.91. The lowest BCUT2D eigenvalue weighted by atomic mass is 10.2. The number of aromatic nitrogens is 2. The van der Waals surface area contributed by atoms with Crippen LogP contribution in [0.4, 0.5) is 0 Å². The highest BCUT2D eigenvalue weighted by atomic mass is 35.5. The monoisotopic (exact) mass is 293 g/mol. The first-order valence-electron chi connectivity index (χ1n) is 5.64. The normalized spacial score (nSPS) is 13.0. The number of nitrogens with one attached hydrogen (secondary N) is 1. The summed E-state index contributed by atoms with van der Waals surface area (Å²) in [5, 5.41) is 7.95. The maximum absolute atomic E-state index is 11.5. The minimum atomic E-state index is -3.09. The summed E-state index contributed by atoms with van der Waals surface area (Å²) in [6.45, 7) is 6.10. The molecule has 1 N–H and O–H groups in total. The Morgan fingerprint density at radius 1 is 1.44 bits per heavy atom. The molecule has 104 valence electrons. The van der Waals surface area contributed by atoms with Crippen molar-refractivity contribution in [3.63, 3.8) is 0 Å². The lowest BCUT2D eigenvalue weighted by Gasteiger charge is -2.22. The minimum absolute atomic E-state index is 0.367. The molecule has 0 aliphatic carbocycles. The molecule has 0 aromatic carbocycles. The van der Waals surface area contributed by atoms with Crippen LogP contribution in [-0.2, 0) is 23.4 Å². The van der Waals surface area contributed by atoms with E-state index in [0.717, 1.165) is 11.4 Å². The average molecular weight is 294 g/mol. The molecule has 0 unspecified atom stereocenters. The van der Waals surface area contributed by atoms with E-state index in [9.17, 15) is 8.42 Å². The van der Waals surface area contributed by atoms with Crippen LogP contribution in [0.3, 0.4) is 0 Å². The molecule has 0 saturated heterocycles. The minimum Gasteiger partial charge on any atom is -0.310 e. The van der Waals surface area contributed by atoms with Gasteiger partial charge in [0.1, 0.15) is 0 Å². The number of aryl methyl sites for hydroxylation is 2. The van der Waals surface area contributed by atoms with Crippen LogP contribution >= 0.6 is 11.6 Å². The Bertz CT molecular complexity index is 535. The lowest BCUT2D eigenvalue weighted by molar-refractivity contribution is 0.514. The van der Waals surface area contributed by atoms with E-state index in [1.807, 2.05) is 14.0 Å². The summed E-state index contributed by atoms with van der Waals surface area (Å²) < 4.78 is 24.0. The molecule has 0 amide bonds. The fraction of sp³-hybridized carbons (Fsp3) is 0.727. The maximum Gasteiger partial charge on any atom is 0.153 e. The van der Waals surface area contributed by atoms with Gasteiger partial charge < -0.3 is 5.32 Å². The van der Waals surface area contributed by atoms with Crippen molar-refractivity contribution in [2.24, 2.45) is 7.05 Å². The van der Waals surface area contributed by atoms with Crippen molar-refractivity contribution in [2.45, 2.75) is 32.1 Å². The highest BCUT2D eigenvalue weighted by Crippen LogP contribution is 2.19. The van der Waals surface area contributed by atoms with Crippen molar-refractivity contribution >= 4 is 21.4 Å². The topological polar surface area (TPSA) is 64.0 Å². The molecule has 0 fully saturated rings. The Balaban J connectivity index is 2.68. The lowest BCUT2D eigenvalue weighted by Crippen LogP contribution is -2.41. The van der Waals surface area contributed by atoms with Gasteiger partial charge in [0.25, 0.3) is 0 Å². The van der Waals surface area contributed by atoms with Crippen molar-refractivity contribution < 1.29 is 8.42 Å². The third kappa shape index (κ3) is 3.24. The molecule has 1 aromatic heterocycles. The van der Waals surface area contributed by atoms with Gasteiger partial charge in [0.15, 0.2) is 9.84 Å². The zero-order valence-electron chi connectivity index (χ0n) is 11.4. The predicted octanol–water partition coefficient (Wildman–Crippen LogP) is 1.29. The smallest absolute Gasteiger partial charge is 0.153 e. The van der Waals surface area contributed by atoms with Gasteiger partial charge in [0, 0.05) is 26.4 Å². The second kappa shape index (κ2) is 5.19. The molecular formula is C11H20ClN3O2S. The number of hydrogen-bond acceptors (Lipinski definition) is 4. The fourth-order valence-electron chi connectivity index (χ4n) is 1.49. The van der Waals surface area contributed by atoms with Crippen molar-refractivity contribution in [3.8, 4) is 0 Å². The molecule has 5 nitrogen and oxygen atoms in total. The summed E-state index contributed by atoms with van der Waals surface area (Å²) in [5.41, 5.74) is 1.64. The Hall–Kier alpha value is -0.590. The Morgan fingerprint density at radius 3 is 2.39 bits per heavy atom. The van der Waals surface area contributed by atoms with Crippen molar-refractivity contribution in [3.05, 3.63) is 16.4 Å². The molecule has 7 heteroatoms. The van der Waals surface area contributed by atoms with Gasteiger partial charge in [0.2, 0.25) is 0 Å². The second-order valence-corrected chi connectivity index (χ2v) is 8.13. The summed E-state index contributed by atoms with van der Waals surface area (Å²) >= 11 is 6.11. The average Bonchev–Trinajstić information content (AvgIpc) is 2.42. The van der Waals surface area contributed by atoms with E-state index in [4.69, 9.17) is 11.6 Å². The quantitative estimate of drug-likeness (QED) is 0.889. The third-order valence-corrected chi connectivity index (χ3v) is 5.75. The van der Waals surface area contributed by atoms with Crippen molar-refractivity contribution in [1.82, 2.24) is 15.1 Å². The van der Waals surface area contributed by atoms with E-state index in [0.29, 0.717) is 18.1 Å². The van der Waals surface area contributed by atoms with E-state index in [1.165, 1.54) is 6.26 Å². The van der Waals surface area contributed by atoms with Gasteiger partial charge in [-0.15, -0.1) is 0 Å². The third-order valence-electron chi connectivity index (χ3n) is 3.11. The van der Waals surface area contributed by atoms with E-state index in [1.54, 1.807) is 18.5 Å². The molecule has 0 spiro atoms. The van der Waals surface area contributed by atoms with Gasteiger partial charge in [-0.25, -0.2) is 8.42 Å². The fourth-order valence-corrected chi connectivity index (χ4v) is 2.08. The summed E-state index contributed by atoms with van der Waals surface area (Å²) in [6, 6.07) is 0. The number of hydrogen-bond donors (Lipinski definition) is 1. The van der Waals surface area contributed by atoms with Crippen molar-refractivity contribution in [2.75, 3.05) is 12.8 Å². The van der Waals surface area contributed by atoms with Crippen LogP contribution in [0.15, 0.2) is 0 Å². The summed E-state index contributed by atoms with van der Waals surface area (Å²) in [5.74, 6) is 0. The van der Waals surface area contributed by atoms with Crippen LogP contribution in [0.5, 0.6) is 0 Å². The molecule has 0 aliphatic rings. The number of rotatable bonds is 5. The van der Waals surface area contributed by atoms with Gasteiger partial charge in [-0.3, -0.25) is 4.68 Å². The first kappa shape index (κ1) is 15.5. The van der Waals surface area contributed by atoms with E-state index in [2.05, 4.69) is 10.4 Å². The Morgan fingerprint density at radius 2 is 2.00 bits per heavy atom. The zero-order valence-corrected chi connectivity index (χ0v) is 13.0. The second-order valence-electron chi connectivity index (χ2n) is 5.11. The highest BCUT2D eigenvalue weighted by Gasteiger charge is 2.29. The number of nitrogens with zero attached hydrogens (tertiary/aromatic N) is 2. The van der Waals surface area contributed by atoms with Gasteiger partial charge in [-0.05, 0) is 20.8 Å². The molecule has 1 heterocycles. The molecule has 1 rings (SSSR count).